The van der Waals surface area contributed by atoms with E-state index in [-0.39, 0.29) is 0 Å². The minimum absolute atomic E-state index is 0.329. The fraction of sp³-hybridized carbons (Fsp3) is 0.923. The summed E-state index contributed by atoms with van der Waals surface area (Å²) in [5.74, 6) is 1.50. The van der Waals surface area contributed by atoms with Crippen molar-refractivity contribution in [3.05, 3.63) is 0 Å². The zero-order valence-corrected chi connectivity index (χ0v) is 9.63. The fourth-order valence-electron chi connectivity index (χ4n) is 3.05. The molecule has 86 valence electrons. The molecule has 0 aromatic heterocycles. The van der Waals surface area contributed by atoms with Gasteiger partial charge in [0.15, 0.2) is 0 Å². The van der Waals surface area contributed by atoms with Crippen LogP contribution in [0.4, 0.5) is 0 Å². The molecule has 1 unspecified atom stereocenters. The van der Waals surface area contributed by atoms with Crippen LogP contribution in [0.3, 0.4) is 0 Å². The topological polar surface area (TPSA) is 29.1 Å². The molecule has 2 aliphatic rings. The van der Waals surface area contributed by atoms with Crippen molar-refractivity contribution < 1.29 is 4.79 Å². The monoisotopic (exact) mass is 209 g/mol. The smallest absolute Gasteiger partial charge is 0.223 e. The zero-order chi connectivity index (χ0) is 10.5. The molecule has 1 amide bonds. The van der Waals surface area contributed by atoms with E-state index in [1.165, 1.54) is 44.9 Å². The number of carbonyl (C=O) groups is 1. The van der Waals surface area contributed by atoms with Crippen LogP contribution in [-0.2, 0) is 4.79 Å². The maximum absolute atomic E-state index is 11.8. The molecule has 1 aliphatic heterocycles. The molecule has 2 nitrogen and oxygen atoms in total. The highest BCUT2D eigenvalue weighted by atomic mass is 16.1. The van der Waals surface area contributed by atoms with Gasteiger partial charge >= 0.3 is 0 Å². The van der Waals surface area contributed by atoms with Crippen molar-refractivity contribution in [2.24, 2.45) is 11.8 Å². The number of amides is 1. The van der Waals surface area contributed by atoms with Crippen LogP contribution in [0.15, 0.2) is 0 Å². The molecule has 2 rings (SSSR count). The molecule has 0 aromatic carbocycles. The molecule has 1 N–H and O–H groups in total. The Bertz CT molecular complexity index is 209. The second-order valence-electron chi connectivity index (χ2n) is 5.22. The van der Waals surface area contributed by atoms with Gasteiger partial charge in [-0.05, 0) is 25.2 Å². The summed E-state index contributed by atoms with van der Waals surface area (Å²) in [7, 11) is 0. The average Bonchev–Trinajstić information content (AvgIpc) is 2.46. The zero-order valence-electron chi connectivity index (χ0n) is 9.63. The summed E-state index contributed by atoms with van der Waals surface area (Å²) in [5.41, 5.74) is 0. The Kier molecular flexibility index (Phi) is 4.04. The second kappa shape index (κ2) is 5.53. The molecule has 0 radical (unpaired) electrons. The summed E-state index contributed by atoms with van der Waals surface area (Å²) < 4.78 is 0. The van der Waals surface area contributed by atoms with Crippen molar-refractivity contribution in [3.63, 3.8) is 0 Å². The van der Waals surface area contributed by atoms with Gasteiger partial charge in [-0.1, -0.05) is 38.5 Å². The molecular formula is C13H23NO. The third kappa shape index (κ3) is 3.22. The maximum atomic E-state index is 11.8. The Morgan fingerprint density at radius 3 is 2.53 bits per heavy atom. The van der Waals surface area contributed by atoms with Crippen molar-refractivity contribution in [1.29, 1.82) is 0 Å². The minimum Gasteiger partial charge on any atom is -0.356 e. The number of hydrogen-bond acceptors (Lipinski definition) is 1. The Morgan fingerprint density at radius 2 is 1.73 bits per heavy atom. The van der Waals surface area contributed by atoms with E-state index in [1.54, 1.807) is 0 Å². The first-order valence-electron chi connectivity index (χ1n) is 6.64. The van der Waals surface area contributed by atoms with E-state index in [0.717, 1.165) is 25.3 Å². The molecule has 1 saturated heterocycles. The molecule has 1 atom stereocenters. The van der Waals surface area contributed by atoms with Gasteiger partial charge in [0, 0.05) is 12.5 Å². The lowest BCUT2D eigenvalue weighted by Crippen LogP contribution is -2.30. The van der Waals surface area contributed by atoms with Crippen LogP contribution < -0.4 is 5.32 Å². The Labute approximate surface area is 92.8 Å². The highest BCUT2D eigenvalue weighted by molar-refractivity contribution is 5.78. The van der Waals surface area contributed by atoms with E-state index in [9.17, 15) is 4.79 Å². The van der Waals surface area contributed by atoms with Gasteiger partial charge in [-0.2, -0.15) is 0 Å². The maximum Gasteiger partial charge on any atom is 0.223 e. The summed E-state index contributed by atoms with van der Waals surface area (Å²) in [6, 6.07) is 0. The van der Waals surface area contributed by atoms with Gasteiger partial charge in [-0.25, -0.2) is 0 Å². The van der Waals surface area contributed by atoms with Crippen LogP contribution in [0.25, 0.3) is 0 Å². The summed E-state index contributed by atoms with van der Waals surface area (Å²) in [6.45, 7) is 0.903. The normalized spacial score (nSPS) is 29.6. The van der Waals surface area contributed by atoms with Crippen molar-refractivity contribution in [1.82, 2.24) is 5.32 Å². The summed E-state index contributed by atoms with van der Waals surface area (Å²) in [4.78, 5) is 11.8. The van der Waals surface area contributed by atoms with Crippen LogP contribution in [0.2, 0.25) is 0 Å². The van der Waals surface area contributed by atoms with E-state index in [1.807, 2.05) is 0 Å². The van der Waals surface area contributed by atoms with Gasteiger partial charge < -0.3 is 5.32 Å². The highest BCUT2D eigenvalue weighted by Crippen LogP contribution is 2.31. The molecule has 15 heavy (non-hydrogen) atoms. The van der Waals surface area contributed by atoms with E-state index in [2.05, 4.69) is 5.32 Å². The molecular weight excluding hydrogens is 186 g/mol. The lowest BCUT2D eigenvalue weighted by atomic mass is 9.81. The van der Waals surface area contributed by atoms with Gasteiger partial charge in [-0.15, -0.1) is 0 Å². The lowest BCUT2D eigenvalue weighted by molar-refractivity contribution is -0.125. The van der Waals surface area contributed by atoms with Gasteiger partial charge in [-0.3, -0.25) is 4.79 Å². The highest BCUT2D eigenvalue weighted by Gasteiger charge is 2.25. The molecule has 1 aliphatic carbocycles. The standard InChI is InChI=1S/C13H23NO/c15-13-12(8-4-5-9-14-13)10-11-6-2-1-3-7-11/h11-12H,1-10H2,(H,14,15). The fourth-order valence-corrected chi connectivity index (χ4v) is 3.05. The van der Waals surface area contributed by atoms with E-state index < -0.39 is 0 Å². The van der Waals surface area contributed by atoms with Crippen LogP contribution in [0.5, 0.6) is 0 Å². The van der Waals surface area contributed by atoms with Crippen molar-refractivity contribution in [3.8, 4) is 0 Å². The van der Waals surface area contributed by atoms with E-state index >= 15 is 0 Å². The van der Waals surface area contributed by atoms with Gasteiger partial charge in [0.25, 0.3) is 0 Å². The molecule has 0 aromatic rings. The number of nitrogens with one attached hydrogen (secondary N) is 1. The molecule has 0 spiro atoms. The quantitative estimate of drug-likeness (QED) is 0.744. The van der Waals surface area contributed by atoms with Crippen molar-refractivity contribution in [2.75, 3.05) is 6.54 Å². The predicted octanol–water partition coefficient (Wildman–Crippen LogP) is 2.87. The summed E-state index contributed by atoms with van der Waals surface area (Å²) in [6.07, 6.45) is 11.6. The van der Waals surface area contributed by atoms with Crippen molar-refractivity contribution in [2.45, 2.75) is 57.8 Å². The van der Waals surface area contributed by atoms with Crippen LogP contribution in [-0.4, -0.2) is 12.5 Å². The third-order valence-electron chi connectivity index (χ3n) is 3.99. The Balaban J connectivity index is 1.82. The second-order valence-corrected chi connectivity index (χ2v) is 5.22. The molecule has 2 heteroatoms. The summed E-state index contributed by atoms with van der Waals surface area (Å²) >= 11 is 0. The van der Waals surface area contributed by atoms with Crippen molar-refractivity contribution >= 4 is 5.91 Å². The Morgan fingerprint density at radius 1 is 1.00 bits per heavy atom. The molecule has 0 bridgehead atoms. The first kappa shape index (κ1) is 11.0. The number of carbonyl (C=O) groups excluding carboxylic acids is 1. The SMILES string of the molecule is O=C1NCCCCC1CC1CCCCC1. The first-order chi connectivity index (χ1) is 7.36. The predicted molar refractivity (Wildman–Crippen MR) is 61.5 cm³/mol. The summed E-state index contributed by atoms with van der Waals surface area (Å²) in [5, 5.41) is 3.05. The lowest BCUT2D eigenvalue weighted by Gasteiger charge is -2.25. The van der Waals surface area contributed by atoms with E-state index in [4.69, 9.17) is 0 Å². The largest absolute Gasteiger partial charge is 0.356 e. The van der Waals surface area contributed by atoms with Gasteiger partial charge in [0.1, 0.15) is 0 Å². The Hall–Kier alpha value is -0.530. The van der Waals surface area contributed by atoms with Crippen LogP contribution >= 0.6 is 0 Å². The molecule has 2 fully saturated rings. The first-order valence-corrected chi connectivity index (χ1v) is 6.64. The minimum atomic E-state index is 0.329. The van der Waals surface area contributed by atoms with Crippen LogP contribution in [0, 0.1) is 11.8 Å². The average molecular weight is 209 g/mol. The third-order valence-corrected chi connectivity index (χ3v) is 3.99. The van der Waals surface area contributed by atoms with Gasteiger partial charge in [0.2, 0.25) is 5.91 Å². The molecule has 1 heterocycles. The number of rotatable bonds is 2. The van der Waals surface area contributed by atoms with Gasteiger partial charge in [0.05, 0.1) is 0 Å². The van der Waals surface area contributed by atoms with Crippen LogP contribution in [0.1, 0.15) is 57.8 Å². The molecule has 1 saturated carbocycles. The van der Waals surface area contributed by atoms with E-state index in [0.29, 0.717) is 11.8 Å². The number of hydrogen-bond donors (Lipinski definition) is 1.